The molecule has 2 aromatic carbocycles. The highest BCUT2D eigenvalue weighted by Crippen LogP contribution is 2.19. The largest absolute Gasteiger partial charge is 0.496 e. The van der Waals surface area contributed by atoms with Crippen molar-refractivity contribution in [1.82, 2.24) is 25.4 Å². The zero-order valence-electron chi connectivity index (χ0n) is 16.9. The molecule has 0 fully saturated rings. The maximum absolute atomic E-state index is 5.44. The molecule has 8 heteroatoms. The monoisotopic (exact) mass is 506 g/mol. The number of methoxy groups -OCH3 is 1. The standard InChI is InChI=1S/C21H26N6O.HI/c1-16-4-9-20(28-3)18(12-16)10-11-24-21(22-2)25-13-17-5-7-19(8-6-17)27-15-23-14-26-27;/h4-9,12,14-15H,10-11,13H2,1-3H3,(H2,22,24,25);1H. The highest BCUT2D eigenvalue weighted by molar-refractivity contribution is 14.0. The van der Waals surface area contributed by atoms with Crippen LogP contribution >= 0.6 is 24.0 Å². The van der Waals surface area contributed by atoms with Crippen LogP contribution in [0.25, 0.3) is 5.69 Å². The molecule has 0 aliphatic heterocycles. The first-order valence-corrected chi connectivity index (χ1v) is 9.21. The second kappa shape index (κ2) is 11.4. The van der Waals surface area contributed by atoms with Gasteiger partial charge in [-0.3, -0.25) is 4.99 Å². The first-order chi connectivity index (χ1) is 13.7. The SMILES string of the molecule is CN=C(NCCc1cc(C)ccc1OC)NCc1ccc(-n2cncn2)cc1.I. The van der Waals surface area contributed by atoms with E-state index in [1.54, 1.807) is 25.2 Å². The first-order valence-electron chi connectivity index (χ1n) is 9.21. The van der Waals surface area contributed by atoms with Crippen molar-refractivity contribution in [2.24, 2.45) is 4.99 Å². The quantitative estimate of drug-likeness (QED) is 0.293. The summed E-state index contributed by atoms with van der Waals surface area (Å²) >= 11 is 0. The molecule has 0 amide bonds. The van der Waals surface area contributed by atoms with Crippen molar-refractivity contribution in [3.8, 4) is 11.4 Å². The normalized spacial score (nSPS) is 10.9. The molecule has 0 radical (unpaired) electrons. The molecule has 0 saturated heterocycles. The third kappa shape index (κ3) is 6.45. The van der Waals surface area contributed by atoms with Crippen LogP contribution in [0.15, 0.2) is 60.1 Å². The summed E-state index contributed by atoms with van der Waals surface area (Å²) in [7, 11) is 3.48. The molecular weight excluding hydrogens is 479 g/mol. The van der Waals surface area contributed by atoms with E-state index in [9.17, 15) is 0 Å². The van der Waals surface area contributed by atoms with Crippen molar-refractivity contribution < 1.29 is 4.74 Å². The molecule has 2 N–H and O–H groups in total. The Morgan fingerprint density at radius 2 is 1.93 bits per heavy atom. The summed E-state index contributed by atoms with van der Waals surface area (Å²) in [5.74, 6) is 1.69. The summed E-state index contributed by atoms with van der Waals surface area (Å²) in [5, 5.41) is 10.8. The Hall–Kier alpha value is -2.62. The maximum atomic E-state index is 5.44. The predicted molar refractivity (Wildman–Crippen MR) is 126 cm³/mol. The lowest BCUT2D eigenvalue weighted by molar-refractivity contribution is 0.409. The van der Waals surface area contributed by atoms with Crippen LogP contribution < -0.4 is 15.4 Å². The summed E-state index contributed by atoms with van der Waals surface area (Å²) in [4.78, 5) is 8.26. The minimum absolute atomic E-state index is 0. The molecule has 0 aliphatic rings. The Morgan fingerprint density at radius 3 is 2.59 bits per heavy atom. The summed E-state index contributed by atoms with van der Waals surface area (Å²) < 4.78 is 7.18. The molecule has 0 unspecified atom stereocenters. The van der Waals surface area contributed by atoms with Crippen molar-refractivity contribution >= 4 is 29.9 Å². The molecular formula is C21H27IN6O. The van der Waals surface area contributed by atoms with Crippen LogP contribution in [0.3, 0.4) is 0 Å². The van der Waals surface area contributed by atoms with E-state index in [1.165, 1.54) is 17.5 Å². The molecule has 1 aromatic heterocycles. The Bertz CT molecular complexity index is 909. The summed E-state index contributed by atoms with van der Waals surface area (Å²) in [5.41, 5.74) is 4.56. The topological polar surface area (TPSA) is 76.4 Å². The van der Waals surface area contributed by atoms with Gasteiger partial charge < -0.3 is 15.4 Å². The van der Waals surface area contributed by atoms with Gasteiger partial charge in [0.05, 0.1) is 12.8 Å². The van der Waals surface area contributed by atoms with E-state index in [2.05, 4.69) is 56.9 Å². The number of nitrogens with zero attached hydrogens (tertiary/aromatic N) is 4. The molecule has 29 heavy (non-hydrogen) atoms. The lowest BCUT2D eigenvalue weighted by Gasteiger charge is -2.14. The number of rotatable bonds is 7. The van der Waals surface area contributed by atoms with Crippen molar-refractivity contribution in [3.63, 3.8) is 0 Å². The van der Waals surface area contributed by atoms with Crippen LogP contribution in [-0.4, -0.2) is 41.4 Å². The van der Waals surface area contributed by atoms with Crippen LogP contribution in [-0.2, 0) is 13.0 Å². The molecule has 3 rings (SSSR count). The number of benzene rings is 2. The molecule has 0 bridgehead atoms. The van der Waals surface area contributed by atoms with E-state index < -0.39 is 0 Å². The first kappa shape index (κ1) is 22.7. The molecule has 0 atom stereocenters. The van der Waals surface area contributed by atoms with E-state index >= 15 is 0 Å². The van der Waals surface area contributed by atoms with Crippen LogP contribution in [0, 0.1) is 6.92 Å². The number of guanidine groups is 1. The van der Waals surface area contributed by atoms with Crippen LogP contribution in [0.4, 0.5) is 0 Å². The Balaban J connectivity index is 0.00000300. The second-order valence-electron chi connectivity index (χ2n) is 6.42. The van der Waals surface area contributed by atoms with Gasteiger partial charge in [-0.05, 0) is 42.7 Å². The minimum atomic E-state index is 0. The van der Waals surface area contributed by atoms with E-state index in [-0.39, 0.29) is 24.0 Å². The zero-order chi connectivity index (χ0) is 19.8. The fourth-order valence-corrected chi connectivity index (χ4v) is 2.93. The van der Waals surface area contributed by atoms with Gasteiger partial charge in [-0.1, -0.05) is 29.8 Å². The molecule has 3 aromatic rings. The average Bonchev–Trinajstić information content (AvgIpc) is 3.26. The van der Waals surface area contributed by atoms with Gasteiger partial charge in [-0.2, -0.15) is 5.10 Å². The number of aromatic nitrogens is 3. The number of aryl methyl sites for hydroxylation is 1. The third-order valence-electron chi connectivity index (χ3n) is 4.43. The lowest BCUT2D eigenvalue weighted by Crippen LogP contribution is -2.37. The second-order valence-corrected chi connectivity index (χ2v) is 6.42. The van der Waals surface area contributed by atoms with Gasteiger partial charge in [0.2, 0.25) is 0 Å². The zero-order valence-corrected chi connectivity index (χ0v) is 19.3. The van der Waals surface area contributed by atoms with Gasteiger partial charge in [-0.15, -0.1) is 24.0 Å². The summed E-state index contributed by atoms with van der Waals surface area (Å²) in [6, 6.07) is 14.4. The van der Waals surface area contributed by atoms with E-state index in [1.807, 2.05) is 18.2 Å². The molecule has 0 saturated carbocycles. The average molecular weight is 506 g/mol. The number of aliphatic imine (C=N–C) groups is 1. The van der Waals surface area contributed by atoms with Crippen molar-refractivity contribution in [1.29, 1.82) is 0 Å². The highest BCUT2D eigenvalue weighted by atomic mass is 127. The predicted octanol–water partition coefficient (Wildman–Crippen LogP) is 3.11. The number of halogens is 1. The minimum Gasteiger partial charge on any atom is -0.496 e. The Kier molecular flexibility index (Phi) is 8.91. The number of ether oxygens (including phenoxy) is 1. The maximum Gasteiger partial charge on any atom is 0.191 e. The van der Waals surface area contributed by atoms with Gasteiger partial charge in [0.25, 0.3) is 0 Å². The van der Waals surface area contributed by atoms with E-state index in [0.717, 1.165) is 35.9 Å². The molecule has 154 valence electrons. The Morgan fingerprint density at radius 1 is 1.14 bits per heavy atom. The fraction of sp³-hybridized carbons (Fsp3) is 0.286. The number of hydrogen-bond donors (Lipinski definition) is 2. The van der Waals surface area contributed by atoms with E-state index in [4.69, 9.17) is 4.74 Å². The van der Waals surface area contributed by atoms with Crippen LogP contribution in [0.5, 0.6) is 5.75 Å². The number of hydrogen-bond acceptors (Lipinski definition) is 4. The lowest BCUT2D eigenvalue weighted by atomic mass is 10.1. The van der Waals surface area contributed by atoms with Gasteiger partial charge in [0.15, 0.2) is 5.96 Å². The smallest absolute Gasteiger partial charge is 0.191 e. The van der Waals surface area contributed by atoms with Crippen LogP contribution in [0.1, 0.15) is 16.7 Å². The molecule has 0 aliphatic carbocycles. The third-order valence-corrected chi connectivity index (χ3v) is 4.43. The molecule has 7 nitrogen and oxygen atoms in total. The summed E-state index contributed by atoms with van der Waals surface area (Å²) in [6.07, 6.45) is 4.07. The number of nitrogens with one attached hydrogen (secondary N) is 2. The van der Waals surface area contributed by atoms with Crippen LogP contribution in [0.2, 0.25) is 0 Å². The van der Waals surface area contributed by atoms with Crippen molar-refractivity contribution in [2.45, 2.75) is 19.9 Å². The molecule has 0 spiro atoms. The van der Waals surface area contributed by atoms with Crippen molar-refractivity contribution in [3.05, 3.63) is 71.8 Å². The van der Waals surface area contributed by atoms with Gasteiger partial charge in [0, 0.05) is 20.1 Å². The highest BCUT2D eigenvalue weighted by Gasteiger charge is 2.04. The molecule has 1 heterocycles. The van der Waals surface area contributed by atoms with Crippen molar-refractivity contribution in [2.75, 3.05) is 20.7 Å². The Labute approximate surface area is 188 Å². The van der Waals surface area contributed by atoms with Gasteiger partial charge in [0.1, 0.15) is 18.4 Å². The van der Waals surface area contributed by atoms with Gasteiger partial charge >= 0.3 is 0 Å². The summed E-state index contributed by atoms with van der Waals surface area (Å²) in [6.45, 7) is 3.54. The van der Waals surface area contributed by atoms with E-state index in [0.29, 0.717) is 6.54 Å². The van der Waals surface area contributed by atoms with Gasteiger partial charge in [-0.25, -0.2) is 9.67 Å². The fourth-order valence-electron chi connectivity index (χ4n) is 2.93.